The molecule has 0 fully saturated rings. The summed E-state index contributed by atoms with van der Waals surface area (Å²) in [6.45, 7) is 6.30. The van der Waals surface area contributed by atoms with Crippen molar-refractivity contribution in [1.82, 2.24) is 0 Å². The quantitative estimate of drug-likeness (QED) is 0.0261. The number of carbonyl (C=O) groups excluding carboxylic acids is 3. The van der Waals surface area contributed by atoms with E-state index >= 15 is 0 Å². The lowest BCUT2D eigenvalue weighted by Crippen LogP contribution is -2.30. The molecule has 0 aliphatic heterocycles. The van der Waals surface area contributed by atoms with Gasteiger partial charge in [0.2, 0.25) is 0 Å². The molecule has 0 aromatic heterocycles. The largest absolute Gasteiger partial charge is 0.462 e. The van der Waals surface area contributed by atoms with Gasteiger partial charge in [-0.25, -0.2) is 0 Å². The van der Waals surface area contributed by atoms with Crippen molar-refractivity contribution in [2.75, 3.05) is 13.2 Å². The molecule has 1 atom stereocenters. The van der Waals surface area contributed by atoms with Crippen LogP contribution in [0.5, 0.6) is 0 Å². The maximum Gasteiger partial charge on any atom is 0.309 e. The van der Waals surface area contributed by atoms with Crippen molar-refractivity contribution in [2.24, 2.45) is 0 Å². The Hall–Kier alpha value is -4.45. The fraction of sp³-hybridized carbons (Fsp3) is 0.643. The second kappa shape index (κ2) is 63.1. The summed E-state index contributed by atoms with van der Waals surface area (Å²) in [5.74, 6) is -1.10. The molecule has 0 aliphatic rings. The van der Waals surface area contributed by atoms with E-state index in [2.05, 4.69) is 142 Å². The fourth-order valence-corrected chi connectivity index (χ4v) is 8.34. The van der Waals surface area contributed by atoms with Crippen molar-refractivity contribution in [3.8, 4) is 0 Å². The number of hydrogen-bond acceptors (Lipinski definition) is 6. The third kappa shape index (κ3) is 60.4. The van der Waals surface area contributed by atoms with Gasteiger partial charge < -0.3 is 14.2 Å². The van der Waals surface area contributed by atoms with Gasteiger partial charge in [-0.05, 0) is 96.3 Å². The second-order valence-electron chi connectivity index (χ2n) is 20.2. The number of rotatable bonds is 55. The lowest BCUT2D eigenvalue weighted by molar-refractivity contribution is -0.166. The highest BCUT2D eigenvalue weighted by Crippen LogP contribution is 2.16. The van der Waals surface area contributed by atoms with Gasteiger partial charge in [-0.2, -0.15) is 0 Å². The first-order chi connectivity index (χ1) is 37.5. The Morgan fingerprint density at radius 1 is 0.289 bits per heavy atom. The van der Waals surface area contributed by atoms with Gasteiger partial charge in [-0.3, -0.25) is 14.4 Å². The average Bonchev–Trinajstić information content (AvgIpc) is 3.42. The Bertz CT molecular complexity index is 1630. The zero-order chi connectivity index (χ0) is 55.0. The summed E-state index contributed by atoms with van der Waals surface area (Å²) in [5, 5.41) is 0. The zero-order valence-electron chi connectivity index (χ0n) is 49.2. The van der Waals surface area contributed by atoms with Crippen molar-refractivity contribution < 1.29 is 28.6 Å². The van der Waals surface area contributed by atoms with E-state index in [1.165, 1.54) is 122 Å². The van der Waals surface area contributed by atoms with E-state index in [0.29, 0.717) is 12.8 Å². The average molecular weight is 1050 g/mol. The van der Waals surface area contributed by atoms with Crippen molar-refractivity contribution in [1.29, 1.82) is 0 Å². The molecule has 1 unspecified atom stereocenters. The van der Waals surface area contributed by atoms with E-state index in [9.17, 15) is 14.4 Å². The van der Waals surface area contributed by atoms with Crippen molar-refractivity contribution in [2.45, 2.75) is 277 Å². The summed E-state index contributed by atoms with van der Waals surface area (Å²) in [6, 6.07) is 0. The zero-order valence-corrected chi connectivity index (χ0v) is 49.2. The van der Waals surface area contributed by atoms with Crippen LogP contribution in [0.2, 0.25) is 0 Å². The summed E-state index contributed by atoms with van der Waals surface area (Å²) < 4.78 is 16.8. The van der Waals surface area contributed by atoms with E-state index in [-0.39, 0.29) is 38.0 Å². The first-order valence-corrected chi connectivity index (χ1v) is 31.2. The highest BCUT2D eigenvalue weighted by atomic mass is 16.6. The number of carbonyl (C=O) groups is 3. The number of hydrogen-bond donors (Lipinski definition) is 0. The van der Waals surface area contributed by atoms with Crippen LogP contribution in [0.25, 0.3) is 0 Å². The molecule has 76 heavy (non-hydrogen) atoms. The van der Waals surface area contributed by atoms with Gasteiger partial charge in [-0.1, -0.05) is 289 Å². The van der Waals surface area contributed by atoms with Crippen LogP contribution in [-0.2, 0) is 28.6 Å². The molecule has 0 N–H and O–H groups in total. The lowest BCUT2D eigenvalue weighted by Gasteiger charge is -2.18. The Balaban J connectivity index is 4.51. The number of esters is 3. The molecule has 0 saturated carbocycles. The molecule has 0 radical (unpaired) electrons. The van der Waals surface area contributed by atoms with E-state index in [1.807, 2.05) is 6.08 Å². The van der Waals surface area contributed by atoms with Crippen molar-refractivity contribution >= 4 is 17.9 Å². The number of allylic oxidation sites excluding steroid dienone is 21. The van der Waals surface area contributed by atoms with Gasteiger partial charge in [0.25, 0.3) is 0 Å². The fourth-order valence-electron chi connectivity index (χ4n) is 8.34. The molecule has 0 heterocycles. The van der Waals surface area contributed by atoms with Gasteiger partial charge in [-0.15, -0.1) is 0 Å². The van der Waals surface area contributed by atoms with E-state index in [4.69, 9.17) is 14.2 Å². The van der Waals surface area contributed by atoms with Crippen LogP contribution in [-0.4, -0.2) is 37.2 Å². The topological polar surface area (TPSA) is 78.9 Å². The number of unbranched alkanes of at least 4 members (excludes halogenated alkanes) is 23. The molecule has 0 aromatic rings. The second-order valence-corrected chi connectivity index (χ2v) is 20.2. The summed E-state index contributed by atoms with van der Waals surface area (Å²) in [6.07, 6.45) is 89.2. The van der Waals surface area contributed by atoms with Gasteiger partial charge in [0.05, 0.1) is 6.42 Å². The predicted octanol–water partition coefficient (Wildman–Crippen LogP) is 21.4. The molecule has 6 heteroatoms. The molecular formula is C70H114O6. The molecule has 0 aromatic carbocycles. The normalized spacial score (nSPS) is 13.0. The van der Waals surface area contributed by atoms with Crippen LogP contribution in [0.1, 0.15) is 271 Å². The van der Waals surface area contributed by atoms with Crippen LogP contribution in [0.15, 0.2) is 134 Å². The molecule has 430 valence electrons. The highest BCUT2D eigenvalue weighted by Gasteiger charge is 2.19. The van der Waals surface area contributed by atoms with Gasteiger partial charge >= 0.3 is 17.9 Å². The molecule has 0 bridgehead atoms. The van der Waals surface area contributed by atoms with E-state index < -0.39 is 12.1 Å². The summed E-state index contributed by atoms with van der Waals surface area (Å²) in [5.41, 5.74) is 0. The smallest absolute Gasteiger partial charge is 0.309 e. The van der Waals surface area contributed by atoms with Crippen LogP contribution in [0, 0.1) is 0 Å². The minimum atomic E-state index is -0.846. The Morgan fingerprint density at radius 2 is 0.566 bits per heavy atom. The highest BCUT2D eigenvalue weighted by molar-refractivity contribution is 5.72. The lowest BCUT2D eigenvalue weighted by atomic mass is 10.0. The SMILES string of the molecule is CC/C=C\C/C=C\C/C=C\C/C=C\C/C=C\C/C=C\CCCCC(=O)OC(COC(=O)C/C=C\C/C=C\C/C=C\C/C=C\C/C=C\CC)COC(=O)CCCCCCCCCCCCCCCCCCCCCCCC. The Labute approximate surface area is 468 Å². The Morgan fingerprint density at radius 3 is 0.921 bits per heavy atom. The molecule has 0 spiro atoms. The third-order valence-corrected chi connectivity index (χ3v) is 12.9. The summed E-state index contributed by atoms with van der Waals surface area (Å²) in [4.78, 5) is 38.2. The van der Waals surface area contributed by atoms with Crippen molar-refractivity contribution in [3.63, 3.8) is 0 Å². The van der Waals surface area contributed by atoms with Gasteiger partial charge in [0.1, 0.15) is 13.2 Å². The Kier molecular flexibility index (Phi) is 59.4. The first kappa shape index (κ1) is 71.5. The monoisotopic (exact) mass is 1050 g/mol. The minimum Gasteiger partial charge on any atom is -0.462 e. The van der Waals surface area contributed by atoms with E-state index in [0.717, 1.165) is 103 Å². The summed E-state index contributed by atoms with van der Waals surface area (Å²) >= 11 is 0. The van der Waals surface area contributed by atoms with Crippen LogP contribution >= 0.6 is 0 Å². The molecule has 0 saturated heterocycles. The third-order valence-electron chi connectivity index (χ3n) is 12.9. The molecule has 0 amide bonds. The van der Waals surface area contributed by atoms with Crippen LogP contribution in [0.4, 0.5) is 0 Å². The standard InChI is InChI=1S/C70H114O6/c1-4-7-10-13-16-19-22-25-28-30-32-34-36-37-39-42-45-48-51-54-57-60-63-69(72)75-66-67(65-74-68(71)62-59-56-53-50-47-44-41-27-24-21-18-15-12-9-6-3)76-70(73)64-61-58-55-52-49-46-43-40-38-35-33-31-29-26-23-20-17-14-11-8-5-2/h8-9,11-12,17-18,20-21,26-27,29,33,35,40-41,43,47,49-50,52,56,59,67H,4-7,10,13-16,19,22-25,28,30-32,34,36-39,42,44-46,48,51,53-55,57-58,60-66H2,1-3H3/b11-8-,12-9-,20-17-,21-18-,29-26-,35-33-,41-27-,43-40-,50-47-,52-49-,59-56-. The van der Waals surface area contributed by atoms with E-state index in [1.54, 1.807) is 6.08 Å². The van der Waals surface area contributed by atoms with Crippen molar-refractivity contribution in [3.05, 3.63) is 134 Å². The predicted molar refractivity (Wildman–Crippen MR) is 329 cm³/mol. The summed E-state index contributed by atoms with van der Waals surface area (Å²) in [7, 11) is 0. The maximum atomic E-state index is 12.9. The van der Waals surface area contributed by atoms with Crippen LogP contribution in [0.3, 0.4) is 0 Å². The maximum absolute atomic E-state index is 12.9. The first-order valence-electron chi connectivity index (χ1n) is 31.2. The number of ether oxygens (including phenoxy) is 3. The molecule has 6 nitrogen and oxygen atoms in total. The molecule has 0 rings (SSSR count). The molecular weight excluding hydrogens is 937 g/mol. The minimum absolute atomic E-state index is 0.113. The van der Waals surface area contributed by atoms with Gasteiger partial charge in [0.15, 0.2) is 6.10 Å². The van der Waals surface area contributed by atoms with Crippen LogP contribution < -0.4 is 0 Å². The van der Waals surface area contributed by atoms with Gasteiger partial charge in [0, 0.05) is 12.8 Å². The molecule has 0 aliphatic carbocycles.